The van der Waals surface area contributed by atoms with Crippen LogP contribution in [0.25, 0.3) is 0 Å². The van der Waals surface area contributed by atoms with Gasteiger partial charge in [-0.1, -0.05) is 67.7 Å². The molecule has 0 bridgehead atoms. The highest BCUT2D eigenvalue weighted by atomic mass is 16.4. The molecule has 6 nitrogen and oxygen atoms in total. The molecule has 0 radical (unpaired) electrons. The molecule has 6 heteroatoms. The molecule has 0 atom stereocenters. The second kappa shape index (κ2) is 21.9. The molecular formula is C28H43N2O4+. The number of rotatable bonds is 15. The van der Waals surface area contributed by atoms with Gasteiger partial charge in [-0.05, 0) is 51.9 Å². The summed E-state index contributed by atoms with van der Waals surface area (Å²) < 4.78 is 0. The van der Waals surface area contributed by atoms with Gasteiger partial charge in [0.15, 0.2) is 0 Å². The largest absolute Gasteiger partial charge is 0.506 e. The van der Waals surface area contributed by atoms with Crippen molar-refractivity contribution in [1.29, 1.82) is 0 Å². The van der Waals surface area contributed by atoms with Gasteiger partial charge in [-0.3, -0.25) is 9.78 Å². The Morgan fingerprint density at radius 2 is 1.44 bits per heavy atom. The molecule has 188 valence electrons. The maximum atomic E-state index is 10.3. The minimum Gasteiger partial charge on any atom is -0.506 e. The fourth-order valence-corrected chi connectivity index (χ4v) is 2.84. The van der Waals surface area contributed by atoms with Crippen molar-refractivity contribution in [3.05, 3.63) is 83.8 Å². The summed E-state index contributed by atoms with van der Waals surface area (Å²) in [6.07, 6.45) is 30.0. The van der Waals surface area contributed by atoms with Crippen LogP contribution in [0.4, 0.5) is 0 Å². The molecule has 1 aromatic heterocycles. The molecule has 1 heterocycles. The number of allylic oxidation sites excluding steroid dienone is 10. The lowest BCUT2D eigenvalue weighted by Crippen LogP contribution is -2.47. The summed E-state index contributed by atoms with van der Waals surface area (Å²) in [4.78, 5) is 14.2. The van der Waals surface area contributed by atoms with Gasteiger partial charge in [-0.15, -0.1) is 0 Å². The van der Waals surface area contributed by atoms with Gasteiger partial charge in [0.1, 0.15) is 12.3 Å². The highest BCUT2D eigenvalue weighted by molar-refractivity contribution is 5.66. The van der Waals surface area contributed by atoms with E-state index >= 15 is 0 Å². The second-order valence-electron chi connectivity index (χ2n) is 7.60. The fourth-order valence-electron chi connectivity index (χ4n) is 2.84. The summed E-state index contributed by atoms with van der Waals surface area (Å²) in [5.41, 5.74) is 5.57. The molecule has 0 amide bonds. The van der Waals surface area contributed by atoms with Gasteiger partial charge >= 0.3 is 5.97 Å². The summed E-state index contributed by atoms with van der Waals surface area (Å²) in [6.45, 7) is 4.22. The van der Waals surface area contributed by atoms with Gasteiger partial charge < -0.3 is 21.1 Å². The lowest BCUT2D eigenvalue weighted by atomic mass is 10.1. The zero-order valence-electron chi connectivity index (χ0n) is 20.8. The van der Waals surface area contributed by atoms with E-state index in [1.165, 1.54) is 0 Å². The number of aromatic nitrogens is 1. The van der Waals surface area contributed by atoms with Crippen molar-refractivity contribution in [1.82, 2.24) is 4.98 Å². The predicted octanol–water partition coefficient (Wildman–Crippen LogP) is 5.32. The van der Waals surface area contributed by atoms with Crippen LogP contribution >= 0.6 is 0 Å². The quantitative estimate of drug-likeness (QED) is 0.204. The molecule has 0 unspecified atom stereocenters. The molecule has 1 aromatic rings. The number of aryl methyl sites for hydroxylation is 1. The third-order valence-corrected chi connectivity index (χ3v) is 4.77. The van der Waals surface area contributed by atoms with Crippen molar-refractivity contribution in [2.24, 2.45) is 0 Å². The van der Waals surface area contributed by atoms with E-state index in [1.54, 1.807) is 13.1 Å². The summed E-state index contributed by atoms with van der Waals surface area (Å²) in [5.74, 6) is -0.566. The van der Waals surface area contributed by atoms with E-state index in [4.69, 9.17) is 10.2 Å². The van der Waals surface area contributed by atoms with E-state index in [2.05, 4.69) is 78.4 Å². The van der Waals surface area contributed by atoms with Crippen LogP contribution in [-0.2, 0) is 17.9 Å². The summed E-state index contributed by atoms with van der Waals surface area (Å²) in [5, 5.41) is 26.9. The minimum atomic E-state index is -0.715. The summed E-state index contributed by atoms with van der Waals surface area (Å²) in [6, 6.07) is 0. The smallest absolute Gasteiger partial charge is 0.303 e. The van der Waals surface area contributed by atoms with Crippen LogP contribution in [0.5, 0.6) is 5.75 Å². The Balaban J connectivity index is 0.000000757. The molecule has 0 saturated heterocycles. The Hall–Kier alpha value is -2.96. The van der Waals surface area contributed by atoms with Crippen LogP contribution in [0, 0.1) is 6.92 Å². The molecule has 0 aliphatic heterocycles. The van der Waals surface area contributed by atoms with E-state index in [0.717, 1.165) is 44.9 Å². The van der Waals surface area contributed by atoms with Gasteiger partial charge in [-0.25, -0.2) is 0 Å². The van der Waals surface area contributed by atoms with Crippen molar-refractivity contribution >= 4 is 5.97 Å². The number of unbranched alkanes of at least 4 members (excludes halogenated alkanes) is 1. The first kappa shape index (κ1) is 31.0. The van der Waals surface area contributed by atoms with E-state index in [-0.39, 0.29) is 18.8 Å². The Labute approximate surface area is 204 Å². The molecule has 0 aromatic carbocycles. The number of quaternary nitrogens is 1. The number of pyridine rings is 1. The maximum Gasteiger partial charge on any atom is 0.303 e. The summed E-state index contributed by atoms with van der Waals surface area (Å²) in [7, 11) is 0. The third kappa shape index (κ3) is 16.6. The highest BCUT2D eigenvalue weighted by Crippen LogP contribution is 2.22. The van der Waals surface area contributed by atoms with Crippen LogP contribution in [0.3, 0.4) is 0 Å². The zero-order chi connectivity index (χ0) is 25.4. The molecule has 0 aliphatic carbocycles. The Bertz CT molecular complexity index is 824. The number of aliphatic hydroxyl groups is 1. The van der Waals surface area contributed by atoms with Gasteiger partial charge in [0.05, 0.1) is 17.9 Å². The standard InChI is InChI=1S/C20H30O2.C8H12N2O2/c1-2-3-4-5-6-7-8-9-10-11-12-13-14-15-16-17-18-19-20(21)22;1-5-8(12)7(2-9)6(4-11)3-10-5/h3-4,6-7,9-10,12-13,15-16H,2,5,8,11,14,17-19H2,1H3,(H,21,22);3,11-12H,2,4,9H2,1H3/p+1/b4-3-,7-6-,10-9-,13-12-,16-15-;. The average molecular weight is 472 g/mol. The number of aliphatic hydroxyl groups excluding tert-OH is 1. The molecule has 0 saturated carbocycles. The lowest BCUT2D eigenvalue weighted by molar-refractivity contribution is -0.386. The van der Waals surface area contributed by atoms with Gasteiger partial charge in [0.25, 0.3) is 0 Å². The Morgan fingerprint density at radius 1 is 0.941 bits per heavy atom. The topological polar surface area (TPSA) is 118 Å². The van der Waals surface area contributed by atoms with Crippen LogP contribution in [0.1, 0.15) is 75.1 Å². The van der Waals surface area contributed by atoms with E-state index in [9.17, 15) is 9.90 Å². The number of carbonyl (C=O) groups is 1. The number of aromatic hydroxyl groups is 1. The molecule has 0 spiro atoms. The first-order chi connectivity index (χ1) is 16.5. The van der Waals surface area contributed by atoms with Crippen molar-refractivity contribution < 1.29 is 25.8 Å². The van der Waals surface area contributed by atoms with Crippen molar-refractivity contribution in [3.8, 4) is 5.75 Å². The maximum absolute atomic E-state index is 10.3. The van der Waals surface area contributed by atoms with Gasteiger partial charge in [-0.2, -0.15) is 0 Å². The molecule has 0 fully saturated rings. The van der Waals surface area contributed by atoms with E-state index < -0.39 is 5.97 Å². The highest BCUT2D eigenvalue weighted by Gasteiger charge is 2.10. The molecular weight excluding hydrogens is 428 g/mol. The monoisotopic (exact) mass is 471 g/mol. The Morgan fingerprint density at radius 3 is 1.88 bits per heavy atom. The molecule has 6 N–H and O–H groups in total. The summed E-state index contributed by atoms with van der Waals surface area (Å²) >= 11 is 0. The van der Waals surface area contributed by atoms with Crippen molar-refractivity contribution in [2.75, 3.05) is 0 Å². The van der Waals surface area contributed by atoms with E-state index in [1.807, 2.05) is 0 Å². The van der Waals surface area contributed by atoms with E-state index in [0.29, 0.717) is 23.4 Å². The van der Waals surface area contributed by atoms with Crippen LogP contribution in [0.2, 0.25) is 0 Å². The number of nitrogens with zero attached hydrogens (tertiary/aromatic N) is 1. The van der Waals surface area contributed by atoms with Gasteiger partial charge in [0.2, 0.25) is 0 Å². The number of aliphatic carboxylic acids is 1. The Kier molecular flexibility index (Phi) is 20.0. The van der Waals surface area contributed by atoms with Crippen LogP contribution < -0.4 is 5.73 Å². The number of hydrogen-bond donors (Lipinski definition) is 4. The molecule has 1 rings (SSSR count). The predicted molar refractivity (Wildman–Crippen MR) is 139 cm³/mol. The van der Waals surface area contributed by atoms with Crippen LogP contribution in [-0.4, -0.2) is 26.3 Å². The zero-order valence-corrected chi connectivity index (χ0v) is 20.8. The molecule has 34 heavy (non-hydrogen) atoms. The van der Waals surface area contributed by atoms with Gasteiger partial charge in [0, 0.05) is 18.2 Å². The SMILES string of the molecule is CC/C=C\C/C=C\C/C=C\C/C=C\C/C=C\CCCC(=O)O.Cc1ncc(CO)c(C[NH3+])c1O. The number of carboxylic acids is 1. The number of hydrogen-bond acceptors (Lipinski definition) is 4. The van der Waals surface area contributed by atoms with Crippen molar-refractivity contribution in [2.45, 2.75) is 78.4 Å². The number of carboxylic acid groups (broad SMARTS) is 1. The lowest BCUT2D eigenvalue weighted by Gasteiger charge is -2.06. The first-order valence-electron chi connectivity index (χ1n) is 12.0. The molecule has 0 aliphatic rings. The first-order valence-corrected chi connectivity index (χ1v) is 12.0. The van der Waals surface area contributed by atoms with Crippen molar-refractivity contribution in [3.63, 3.8) is 0 Å². The average Bonchev–Trinajstić information content (AvgIpc) is 2.83. The van der Waals surface area contributed by atoms with Crippen LogP contribution in [0.15, 0.2) is 67.0 Å². The fraction of sp³-hybridized carbons (Fsp3) is 0.429. The minimum absolute atomic E-state index is 0.105. The third-order valence-electron chi connectivity index (χ3n) is 4.77. The second-order valence-corrected chi connectivity index (χ2v) is 7.60. The normalized spacial score (nSPS) is 11.9.